The van der Waals surface area contributed by atoms with Crippen LogP contribution < -0.4 is 0 Å². The van der Waals surface area contributed by atoms with E-state index in [9.17, 15) is 9.59 Å². The summed E-state index contributed by atoms with van der Waals surface area (Å²) in [5, 5.41) is 9.15. The predicted octanol–water partition coefficient (Wildman–Crippen LogP) is 3.08. The molecule has 1 aromatic carbocycles. The van der Waals surface area contributed by atoms with Crippen LogP contribution in [0.15, 0.2) is 0 Å². The van der Waals surface area contributed by atoms with Gasteiger partial charge in [-0.25, -0.2) is 4.79 Å². The highest BCUT2D eigenvalue weighted by Gasteiger charge is 2.19. The van der Waals surface area contributed by atoms with Crippen molar-refractivity contribution in [3.05, 3.63) is 33.4 Å². The van der Waals surface area contributed by atoms with Crippen LogP contribution in [0.5, 0.6) is 0 Å². The molecule has 0 aliphatic rings. The first-order chi connectivity index (χ1) is 11.5. The third-order valence-corrected chi connectivity index (χ3v) is 3.92. The minimum atomic E-state index is -0.918. The Bertz CT molecular complexity index is 717. The molecule has 0 saturated heterocycles. The lowest BCUT2D eigenvalue weighted by Crippen LogP contribution is -2.26. The van der Waals surface area contributed by atoms with E-state index >= 15 is 0 Å². The zero-order valence-corrected chi connectivity index (χ0v) is 15.8. The number of hydrogen-bond acceptors (Lipinski definition) is 4. The molecule has 1 N–H and O–H groups in total. The highest BCUT2D eigenvalue weighted by atomic mass is 16.6. The van der Waals surface area contributed by atoms with Gasteiger partial charge in [0.2, 0.25) is 0 Å². The van der Waals surface area contributed by atoms with Crippen molar-refractivity contribution in [3.8, 4) is 12.3 Å². The second-order valence-electron chi connectivity index (χ2n) is 7.00. The highest BCUT2D eigenvalue weighted by molar-refractivity contribution is 5.73. The number of rotatable bonds is 6. The molecule has 0 aromatic heterocycles. The Morgan fingerprint density at radius 2 is 1.64 bits per heavy atom. The van der Waals surface area contributed by atoms with Crippen LogP contribution in [0.1, 0.15) is 54.2 Å². The fourth-order valence-corrected chi connectivity index (χ4v) is 2.78. The number of ether oxygens (including phenoxy) is 2. The zero-order chi connectivity index (χ0) is 19.4. The summed E-state index contributed by atoms with van der Waals surface area (Å²) >= 11 is 0. The van der Waals surface area contributed by atoms with Gasteiger partial charge in [0.1, 0.15) is 12.2 Å². The molecule has 136 valence electrons. The normalized spacial score (nSPS) is 11.1. The van der Waals surface area contributed by atoms with Crippen molar-refractivity contribution >= 4 is 11.9 Å². The number of aliphatic carboxylic acids is 1. The van der Waals surface area contributed by atoms with E-state index in [1.807, 2.05) is 20.8 Å². The summed E-state index contributed by atoms with van der Waals surface area (Å²) in [6, 6.07) is 0. The largest absolute Gasteiger partial charge is 0.481 e. The van der Waals surface area contributed by atoms with E-state index in [1.165, 1.54) is 0 Å². The predicted molar refractivity (Wildman–Crippen MR) is 95.4 cm³/mol. The minimum Gasteiger partial charge on any atom is -0.481 e. The average Bonchev–Trinajstić information content (AvgIpc) is 2.45. The summed E-state index contributed by atoms with van der Waals surface area (Å²) in [5.74, 6) is 1.27. The molecular weight excluding hydrogens is 320 g/mol. The fraction of sp³-hybridized carbons (Fsp3) is 0.500. The van der Waals surface area contributed by atoms with Crippen LogP contribution in [-0.4, -0.2) is 29.3 Å². The van der Waals surface area contributed by atoms with E-state index in [0.717, 1.165) is 22.3 Å². The topological polar surface area (TPSA) is 72.8 Å². The number of carbonyl (C=O) groups is 2. The quantitative estimate of drug-likeness (QED) is 0.633. The van der Waals surface area contributed by atoms with Gasteiger partial charge in [-0.05, 0) is 69.4 Å². The molecule has 0 heterocycles. The maximum absolute atomic E-state index is 11.8. The number of terminal acetylenes is 1. The lowest BCUT2D eigenvalue weighted by molar-refractivity contribution is -0.160. The number of esters is 1. The number of benzene rings is 1. The van der Waals surface area contributed by atoms with E-state index < -0.39 is 17.5 Å². The van der Waals surface area contributed by atoms with Gasteiger partial charge in [-0.3, -0.25) is 4.79 Å². The van der Waals surface area contributed by atoms with Gasteiger partial charge in [-0.15, -0.1) is 6.42 Å². The Morgan fingerprint density at radius 1 is 1.08 bits per heavy atom. The first-order valence-electron chi connectivity index (χ1n) is 8.07. The zero-order valence-electron chi connectivity index (χ0n) is 15.8. The molecule has 25 heavy (non-hydrogen) atoms. The standard InChI is InChI=1S/C20H26O5/c1-8-15-12(2)16(9-18(21)22)14(4)17(13(15)3)10-24-11-19(23)25-20(5,6)7/h1H,9-11H2,2-7H3,(H,21,22). The SMILES string of the molecule is C#Cc1c(C)c(COCC(=O)OC(C)(C)C)c(C)c(CC(=O)O)c1C. The van der Waals surface area contributed by atoms with E-state index in [1.54, 1.807) is 20.8 Å². The molecule has 0 aliphatic carbocycles. The molecule has 0 spiro atoms. The van der Waals surface area contributed by atoms with Crippen LogP contribution in [-0.2, 0) is 32.1 Å². The van der Waals surface area contributed by atoms with Crippen LogP contribution in [0.25, 0.3) is 0 Å². The molecule has 0 aliphatic heterocycles. The van der Waals surface area contributed by atoms with Crippen LogP contribution >= 0.6 is 0 Å². The van der Waals surface area contributed by atoms with Crippen molar-refractivity contribution in [1.82, 2.24) is 0 Å². The van der Waals surface area contributed by atoms with E-state index in [0.29, 0.717) is 11.1 Å². The molecule has 0 atom stereocenters. The molecule has 5 heteroatoms. The second kappa shape index (κ2) is 8.17. The lowest BCUT2D eigenvalue weighted by atomic mass is 9.87. The second-order valence-corrected chi connectivity index (χ2v) is 7.00. The summed E-state index contributed by atoms with van der Waals surface area (Å²) in [6.45, 7) is 10.9. The Kier molecular flexibility index (Phi) is 6.78. The fourth-order valence-electron chi connectivity index (χ4n) is 2.78. The first-order valence-corrected chi connectivity index (χ1v) is 8.07. The van der Waals surface area contributed by atoms with Crippen LogP contribution in [0, 0.1) is 33.1 Å². The van der Waals surface area contributed by atoms with Crippen molar-refractivity contribution < 1.29 is 24.2 Å². The van der Waals surface area contributed by atoms with Crippen molar-refractivity contribution in [2.75, 3.05) is 6.61 Å². The highest BCUT2D eigenvalue weighted by Crippen LogP contribution is 2.28. The molecule has 5 nitrogen and oxygen atoms in total. The van der Waals surface area contributed by atoms with Gasteiger partial charge in [-0.2, -0.15) is 0 Å². The Hall–Kier alpha value is -2.32. The summed E-state index contributed by atoms with van der Waals surface area (Å²) in [5.41, 5.74) is 4.13. The van der Waals surface area contributed by atoms with Crippen molar-refractivity contribution in [2.24, 2.45) is 0 Å². The molecule has 0 radical (unpaired) electrons. The third-order valence-electron chi connectivity index (χ3n) is 3.92. The minimum absolute atomic E-state index is 0.105. The monoisotopic (exact) mass is 346 g/mol. The Balaban J connectivity index is 3.05. The third kappa shape index (κ3) is 5.61. The molecule has 1 rings (SSSR count). The molecule has 0 saturated carbocycles. The molecule has 1 aromatic rings. The van der Waals surface area contributed by atoms with Gasteiger partial charge < -0.3 is 14.6 Å². The van der Waals surface area contributed by atoms with Gasteiger partial charge in [0.15, 0.2) is 0 Å². The average molecular weight is 346 g/mol. The number of carboxylic acid groups (broad SMARTS) is 1. The number of hydrogen-bond donors (Lipinski definition) is 1. The maximum Gasteiger partial charge on any atom is 0.332 e. The summed E-state index contributed by atoms with van der Waals surface area (Å²) in [7, 11) is 0. The Labute approximate surface area is 149 Å². The molecule has 0 fully saturated rings. The van der Waals surface area contributed by atoms with Crippen molar-refractivity contribution in [1.29, 1.82) is 0 Å². The number of carbonyl (C=O) groups excluding carboxylic acids is 1. The lowest BCUT2D eigenvalue weighted by Gasteiger charge is -2.21. The van der Waals surface area contributed by atoms with Gasteiger partial charge in [-0.1, -0.05) is 5.92 Å². The summed E-state index contributed by atoms with van der Waals surface area (Å²) < 4.78 is 10.7. The molecular formula is C20H26O5. The smallest absolute Gasteiger partial charge is 0.332 e. The first kappa shape index (κ1) is 20.7. The van der Waals surface area contributed by atoms with Crippen LogP contribution in [0.4, 0.5) is 0 Å². The summed E-state index contributed by atoms with van der Waals surface area (Å²) in [4.78, 5) is 22.9. The Morgan fingerprint density at radius 3 is 2.12 bits per heavy atom. The van der Waals surface area contributed by atoms with Gasteiger partial charge in [0.05, 0.1) is 13.0 Å². The summed E-state index contributed by atoms with van der Waals surface area (Å²) in [6.07, 6.45) is 5.50. The van der Waals surface area contributed by atoms with Crippen LogP contribution in [0.3, 0.4) is 0 Å². The van der Waals surface area contributed by atoms with Gasteiger partial charge >= 0.3 is 11.9 Å². The molecule has 0 bridgehead atoms. The number of carboxylic acids is 1. The van der Waals surface area contributed by atoms with Gasteiger partial charge in [0, 0.05) is 5.56 Å². The van der Waals surface area contributed by atoms with Crippen LogP contribution in [0.2, 0.25) is 0 Å². The van der Waals surface area contributed by atoms with Crippen molar-refractivity contribution in [3.63, 3.8) is 0 Å². The van der Waals surface area contributed by atoms with Crippen molar-refractivity contribution in [2.45, 2.75) is 60.2 Å². The van der Waals surface area contributed by atoms with Gasteiger partial charge in [0.25, 0.3) is 0 Å². The maximum atomic E-state index is 11.8. The molecule has 0 unspecified atom stereocenters. The van der Waals surface area contributed by atoms with E-state index in [4.69, 9.17) is 21.0 Å². The van der Waals surface area contributed by atoms with E-state index in [-0.39, 0.29) is 19.6 Å². The van der Waals surface area contributed by atoms with E-state index in [2.05, 4.69) is 5.92 Å². The molecule has 0 amide bonds.